The molecular weight excluding hydrogens is 455 g/mol. The Kier molecular flexibility index (Phi) is 7.43. The van der Waals surface area contributed by atoms with Crippen LogP contribution in [0.2, 0.25) is 0 Å². The Morgan fingerprint density at radius 3 is 2.47 bits per heavy atom. The molecule has 1 heterocycles. The molecule has 3 aromatic rings. The number of rotatable bonds is 6. The highest BCUT2D eigenvalue weighted by molar-refractivity contribution is 5.94. The van der Waals surface area contributed by atoms with Crippen LogP contribution in [0, 0.1) is 11.2 Å². The molecular formula is C30H33FN2O3. The van der Waals surface area contributed by atoms with Crippen LogP contribution in [0.15, 0.2) is 72.8 Å². The first-order valence-corrected chi connectivity index (χ1v) is 12.4. The summed E-state index contributed by atoms with van der Waals surface area (Å²) < 4.78 is 20.4. The molecule has 0 radical (unpaired) electrons. The fourth-order valence-corrected chi connectivity index (χ4v) is 4.58. The molecule has 4 rings (SSSR count). The van der Waals surface area contributed by atoms with E-state index in [0.717, 1.165) is 11.1 Å². The van der Waals surface area contributed by atoms with Crippen molar-refractivity contribution in [3.63, 3.8) is 0 Å². The second kappa shape index (κ2) is 10.5. The van der Waals surface area contributed by atoms with Crippen LogP contribution in [0.3, 0.4) is 0 Å². The molecule has 0 bridgehead atoms. The Hall–Kier alpha value is -3.67. The van der Waals surface area contributed by atoms with E-state index in [1.54, 1.807) is 6.07 Å². The van der Waals surface area contributed by atoms with Gasteiger partial charge in [-0.2, -0.15) is 0 Å². The second-order valence-electron chi connectivity index (χ2n) is 10.2. The third-order valence-electron chi connectivity index (χ3n) is 6.40. The minimum Gasteiger partial charge on any atom is -0.481 e. The molecule has 1 N–H and O–H groups in total. The lowest BCUT2D eigenvalue weighted by atomic mass is 9.85. The third kappa shape index (κ3) is 5.59. The minimum atomic E-state index is -0.688. The summed E-state index contributed by atoms with van der Waals surface area (Å²) in [7, 11) is 0. The van der Waals surface area contributed by atoms with Gasteiger partial charge in [0.2, 0.25) is 5.91 Å². The van der Waals surface area contributed by atoms with Gasteiger partial charge in [-0.3, -0.25) is 9.59 Å². The number of ether oxygens (including phenoxy) is 1. The van der Waals surface area contributed by atoms with Gasteiger partial charge in [-0.15, -0.1) is 0 Å². The third-order valence-corrected chi connectivity index (χ3v) is 6.40. The van der Waals surface area contributed by atoms with Gasteiger partial charge in [0, 0.05) is 17.6 Å². The van der Waals surface area contributed by atoms with Gasteiger partial charge in [0.15, 0.2) is 6.10 Å². The maximum atomic E-state index is 14.3. The van der Waals surface area contributed by atoms with Gasteiger partial charge in [-0.05, 0) is 65.9 Å². The number of benzene rings is 3. The molecule has 0 fully saturated rings. The number of nitrogens with one attached hydrogen (secondary N) is 1. The van der Waals surface area contributed by atoms with Gasteiger partial charge in [0.25, 0.3) is 5.91 Å². The number of amides is 2. The molecule has 2 amide bonds. The summed E-state index contributed by atoms with van der Waals surface area (Å²) in [5.41, 5.74) is 2.80. The molecule has 0 saturated carbocycles. The number of fused-ring (bicyclic) bond motifs is 1. The summed E-state index contributed by atoms with van der Waals surface area (Å²) in [5.74, 6) is -0.0378. The Labute approximate surface area is 212 Å². The molecule has 2 atom stereocenters. The quantitative estimate of drug-likeness (QED) is 0.453. The molecule has 0 aliphatic carbocycles. The van der Waals surface area contributed by atoms with Gasteiger partial charge < -0.3 is 15.0 Å². The average Bonchev–Trinajstić information content (AvgIpc) is 2.86. The van der Waals surface area contributed by atoms with Crippen LogP contribution >= 0.6 is 0 Å². The van der Waals surface area contributed by atoms with Crippen molar-refractivity contribution in [2.75, 3.05) is 11.9 Å². The summed E-state index contributed by atoms with van der Waals surface area (Å²) in [6, 6.07) is 21.0. The largest absolute Gasteiger partial charge is 0.481 e. The van der Waals surface area contributed by atoms with Gasteiger partial charge >= 0.3 is 0 Å². The van der Waals surface area contributed by atoms with Gasteiger partial charge in [-0.25, -0.2) is 4.39 Å². The van der Waals surface area contributed by atoms with Crippen molar-refractivity contribution < 1.29 is 18.7 Å². The summed E-state index contributed by atoms with van der Waals surface area (Å²) >= 11 is 0. The lowest BCUT2D eigenvalue weighted by Gasteiger charge is -2.41. The van der Waals surface area contributed by atoms with Crippen LogP contribution in [-0.2, 0) is 16.0 Å². The number of nitrogens with zero attached hydrogens (tertiary/aromatic N) is 1. The lowest BCUT2D eigenvalue weighted by molar-refractivity contribution is -0.141. The monoisotopic (exact) mass is 488 g/mol. The number of carbonyl (C=O) groups excluding carboxylic acids is 2. The molecule has 36 heavy (non-hydrogen) atoms. The van der Waals surface area contributed by atoms with Crippen molar-refractivity contribution in [3.05, 3.63) is 95.3 Å². The Balaban J connectivity index is 1.67. The first-order chi connectivity index (χ1) is 17.2. The van der Waals surface area contributed by atoms with E-state index in [0.29, 0.717) is 36.4 Å². The Bertz CT molecular complexity index is 1240. The summed E-state index contributed by atoms with van der Waals surface area (Å²) in [6.45, 7) is 8.12. The number of carbonyl (C=O) groups is 2. The number of anilines is 1. The molecule has 3 aromatic carbocycles. The van der Waals surface area contributed by atoms with Gasteiger partial charge in [-0.1, -0.05) is 64.1 Å². The maximum Gasteiger partial charge on any atom is 0.265 e. The average molecular weight is 489 g/mol. The van der Waals surface area contributed by atoms with Crippen molar-refractivity contribution in [2.24, 2.45) is 5.41 Å². The highest BCUT2D eigenvalue weighted by atomic mass is 19.1. The zero-order valence-electron chi connectivity index (χ0n) is 21.3. The molecule has 0 aromatic heterocycles. The fraction of sp³-hybridized carbons (Fsp3) is 0.333. The molecule has 0 spiro atoms. The Morgan fingerprint density at radius 2 is 1.81 bits per heavy atom. The van der Waals surface area contributed by atoms with E-state index in [1.165, 1.54) is 12.1 Å². The zero-order chi connectivity index (χ0) is 25.9. The highest BCUT2D eigenvalue weighted by Gasteiger charge is 2.37. The van der Waals surface area contributed by atoms with Gasteiger partial charge in [0.05, 0.1) is 6.04 Å². The van der Waals surface area contributed by atoms with Crippen molar-refractivity contribution in [1.82, 2.24) is 4.90 Å². The first-order valence-electron chi connectivity index (χ1n) is 12.4. The molecule has 6 heteroatoms. The maximum absolute atomic E-state index is 14.3. The van der Waals surface area contributed by atoms with E-state index in [2.05, 4.69) is 5.32 Å². The van der Waals surface area contributed by atoms with Crippen LogP contribution in [-0.4, -0.2) is 29.4 Å². The normalized spacial score (nSPS) is 16.1. The molecule has 0 saturated heterocycles. The second-order valence-corrected chi connectivity index (χ2v) is 10.2. The molecule has 1 aliphatic heterocycles. The van der Waals surface area contributed by atoms with Crippen molar-refractivity contribution in [1.29, 1.82) is 0 Å². The van der Waals surface area contributed by atoms with Crippen LogP contribution in [0.25, 0.3) is 0 Å². The van der Waals surface area contributed by atoms with Crippen LogP contribution in [0.1, 0.15) is 56.8 Å². The summed E-state index contributed by atoms with van der Waals surface area (Å²) in [5, 5.41) is 2.90. The lowest BCUT2D eigenvalue weighted by Crippen LogP contribution is -2.45. The van der Waals surface area contributed by atoms with E-state index in [4.69, 9.17) is 4.74 Å². The van der Waals surface area contributed by atoms with E-state index < -0.39 is 17.6 Å². The summed E-state index contributed by atoms with van der Waals surface area (Å²) in [4.78, 5) is 28.1. The SMILES string of the molecule is CCC(Oc1ccc2c(c1)C(c1cccc(F)c1)N(C(=O)C(C)(C)C)CC2)C(=O)Nc1ccccc1. The van der Waals surface area contributed by atoms with Crippen LogP contribution < -0.4 is 10.1 Å². The predicted molar refractivity (Wildman–Crippen MR) is 139 cm³/mol. The first kappa shape index (κ1) is 25.4. The van der Waals surface area contributed by atoms with E-state index in [1.807, 2.05) is 87.2 Å². The van der Waals surface area contributed by atoms with Crippen molar-refractivity contribution in [3.8, 4) is 5.75 Å². The van der Waals surface area contributed by atoms with Crippen molar-refractivity contribution in [2.45, 2.75) is 52.7 Å². The smallest absolute Gasteiger partial charge is 0.265 e. The summed E-state index contributed by atoms with van der Waals surface area (Å²) in [6.07, 6.45) is 0.485. The standard InChI is InChI=1S/C30H33FN2O3/c1-5-26(28(34)32-23-12-7-6-8-13-23)36-24-15-14-20-16-17-33(29(35)30(2,3)4)27(25(20)19-24)21-10-9-11-22(31)18-21/h6-15,18-19,26-27H,5,16-17H2,1-4H3,(H,32,34). The topological polar surface area (TPSA) is 58.6 Å². The van der Waals surface area contributed by atoms with Crippen molar-refractivity contribution >= 4 is 17.5 Å². The molecule has 1 aliphatic rings. The number of hydrogen-bond acceptors (Lipinski definition) is 3. The van der Waals surface area contributed by atoms with E-state index in [9.17, 15) is 14.0 Å². The predicted octanol–water partition coefficient (Wildman–Crippen LogP) is 6.14. The molecule has 2 unspecified atom stereocenters. The number of para-hydroxylation sites is 1. The van der Waals surface area contributed by atoms with E-state index >= 15 is 0 Å². The Morgan fingerprint density at radius 1 is 1.06 bits per heavy atom. The molecule has 5 nitrogen and oxygen atoms in total. The fourth-order valence-electron chi connectivity index (χ4n) is 4.58. The van der Waals surface area contributed by atoms with Crippen LogP contribution in [0.5, 0.6) is 5.75 Å². The van der Waals surface area contributed by atoms with E-state index in [-0.39, 0.29) is 17.6 Å². The molecule has 188 valence electrons. The minimum absolute atomic E-state index is 0.00223. The zero-order valence-corrected chi connectivity index (χ0v) is 21.3. The van der Waals surface area contributed by atoms with Crippen LogP contribution in [0.4, 0.5) is 10.1 Å². The highest BCUT2D eigenvalue weighted by Crippen LogP contribution is 2.39. The number of halogens is 1. The number of hydrogen-bond donors (Lipinski definition) is 1. The van der Waals surface area contributed by atoms with Gasteiger partial charge in [0.1, 0.15) is 11.6 Å².